The molecule has 0 spiro atoms. The fraction of sp³-hybridized carbons (Fsp3) is 0.294. The predicted molar refractivity (Wildman–Crippen MR) is 85.1 cm³/mol. The van der Waals surface area contributed by atoms with Gasteiger partial charge in [0.25, 0.3) is 5.91 Å². The normalized spacial score (nSPS) is 10.7. The van der Waals surface area contributed by atoms with Gasteiger partial charge < -0.3 is 11.1 Å². The molecule has 0 aliphatic rings. The molecule has 0 bridgehead atoms. The first-order valence-electron chi connectivity index (χ1n) is 7.07. The van der Waals surface area contributed by atoms with E-state index in [1.165, 1.54) is 5.56 Å². The minimum absolute atomic E-state index is 0.133. The zero-order valence-electron chi connectivity index (χ0n) is 12.7. The van der Waals surface area contributed by atoms with Crippen LogP contribution in [0.2, 0.25) is 0 Å². The molecule has 1 amide bonds. The molecule has 0 saturated carbocycles. The van der Waals surface area contributed by atoms with Gasteiger partial charge in [-0.1, -0.05) is 43.7 Å². The van der Waals surface area contributed by atoms with Crippen molar-refractivity contribution in [1.29, 1.82) is 0 Å². The zero-order chi connectivity index (χ0) is 15.4. The number of pyridine rings is 1. The van der Waals surface area contributed by atoms with Gasteiger partial charge in [0, 0.05) is 17.8 Å². The number of carbonyl (C=O) groups excluding carboxylic acids is 1. The van der Waals surface area contributed by atoms with Crippen molar-refractivity contribution in [3.05, 3.63) is 58.8 Å². The first kappa shape index (κ1) is 15.0. The van der Waals surface area contributed by atoms with E-state index >= 15 is 0 Å². The van der Waals surface area contributed by atoms with E-state index in [1.807, 2.05) is 45.0 Å². The Balaban J connectivity index is 2.08. The van der Waals surface area contributed by atoms with Crippen LogP contribution in [0, 0.1) is 6.92 Å². The van der Waals surface area contributed by atoms with Crippen LogP contribution in [0.25, 0.3) is 0 Å². The number of hydrogen-bond donors (Lipinski definition) is 2. The number of nitrogens with zero attached hydrogens (tertiary/aromatic N) is 1. The van der Waals surface area contributed by atoms with E-state index in [2.05, 4.69) is 10.3 Å². The molecule has 4 heteroatoms. The summed E-state index contributed by atoms with van der Waals surface area (Å²) in [6.07, 6.45) is 0. The number of amides is 1. The van der Waals surface area contributed by atoms with Gasteiger partial charge in [-0.2, -0.15) is 0 Å². The lowest BCUT2D eigenvalue weighted by molar-refractivity contribution is 0.0950. The third-order valence-electron chi connectivity index (χ3n) is 3.29. The SMILES string of the molecule is Cc1ccc(CNC(=O)c2cc(N)nc(C(C)C)c2)cc1. The average Bonchev–Trinajstić information content (AvgIpc) is 2.45. The van der Waals surface area contributed by atoms with E-state index in [0.717, 1.165) is 11.3 Å². The third-order valence-corrected chi connectivity index (χ3v) is 3.29. The van der Waals surface area contributed by atoms with E-state index in [9.17, 15) is 4.79 Å². The lowest BCUT2D eigenvalue weighted by Gasteiger charge is -2.10. The molecule has 0 aliphatic carbocycles. The molecule has 0 fully saturated rings. The van der Waals surface area contributed by atoms with Gasteiger partial charge in [-0.25, -0.2) is 4.98 Å². The Kier molecular flexibility index (Phi) is 4.58. The summed E-state index contributed by atoms with van der Waals surface area (Å²) in [6.45, 7) is 6.58. The first-order chi connectivity index (χ1) is 9.95. The summed E-state index contributed by atoms with van der Waals surface area (Å²) in [7, 11) is 0. The lowest BCUT2D eigenvalue weighted by atomic mass is 10.1. The van der Waals surface area contributed by atoms with E-state index in [-0.39, 0.29) is 11.8 Å². The Morgan fingerprint density at radius 2 is 1.90 bits per heavy atom. The standard InChI is InChI=1S/C17H21N3O/c1-11(2)15-8-14(9-16(18)20-15)17(21)19-10-13-6-4-12(3)5-7-13/h4-9,11H,10H2,1-3H3,(H2,18,20)(H,19,21). The first-order valence-corrected chi connectivity index (χ1v) is 7.07. The Hall–Kier alpha value is -2.36. The average molecular weight is 283 g/mol. The highest BCUT2D eigenvalue weighted by atomic mass is 16.1. The fourth-order valence-corrected chi connectivity index (χ4v) is 1.99. The summed E-state index contributed by atoms with van der Waals surface area (Å²) in [6, 6.07) is 11.5. The van der Waals surface area contributed by atoms with Gasteiger partial charge >= 0.3 is 0 Å². The van der Waals surface area contributed by atoms with Crippen molar-refractivity contribution in [2.75, 3.05) is 5.73 Å². The number of benzene rings is 1. The molecule has 0 saturated heterocycles. The van der Waals surface area contributed by atoms with E-state index in [4.69, 9.17) is 5.73 Å². The summed E-state index contributed by atoms with van der Waals surface area (Å²) in [5.41, 5.74) is 9.42. The molecule has 1 aromatic heterocycles. The molecule has 0 atom stereocenters. The van der Waals surface area contributed by atoms with Crippen LogP contribution in [0.3, 0.4) is 0 Å². The van der Waals surface area contributed by atoms with Gasteiger partial charge in [-0.3, -0.25) is 4.79 Å². The molecular formula is C17H21N3O. The van der Waals surface area contributed by atoms with Crippen LogP contribution in [0.15, 0.2) is 36.4 Å². The van der Waals surface area contributed by atoms with Crippen molar-refractivity contribution in [3.8, 4) is 0 Å². The lowest BCUT2D eigenvalue weighted by Crippen LogP contribution is -2.23. The minimum atomic E-state index is -0.133. The molecule has 4 nitrogen and oxygen atoms in total. The van der Waals surface area contributed by atoms with Crippen molar-refractivity contribution >= 4 is 11.7 Å². The van der Waals surface area contributed by atoms with Gasteiger partial charge in [0.05, 0.1) is 0 Å². The highest BCUT2D eigenvalue weighted by Crippen LogP contribution is 2.16. The van der Waals surface area contributed by atoms with Gasteiger partial charge in [0.2, 0.25) is 0 Å². The zero-order valence-corrected chi connectivity index (χ0v) is 12.7. The molecule has 110 valence electrons. The number of carbonyl (C=O) groups is 1. The molecule has 2 aromatic rings. The second kappa shape index (κ2) is 6.39. The summed E-state index contributed by atoms with van der Waals surface area (Å²) in [5.74, 6) is 0.477. The molecule has 0 aliphatic heterocycles. The molecule has 1 aromatic carbocycles. The number of aromatic nitrogens is 1. The second-order valence-corrected chi connectivity index (χ2v) is 5.53. The summed E-state index contributed by atoms with van der Waals surface area (Å²) < 4.78 is 0. The van der Waals surface area contributed by atoms with Gasteiger partial charge in [-0.05, 0) is 30.5 Å². The summed E-state index contributed by atoms with van der Waals surface area (Å²) in [5, 5.41) is 2.91. The van der Waals surface area contributed by atoms with Crippen molar-refractivity contribution in [1.82, 2.24) is 10.3 Å². The second-order valence-electron chi connectivity index (χ2n) is 5.53. The fourth-order valence-electron chi connectivity index (χ4n) is 1.99. The van der Waals surface area contributed by atoms with Crippen LogP contribution in [-0.4, -0.2) is 10.9 Å². The van der Waals surface area contributed by atoms with Crippen LogP contribution in [0.1, 0.15) is 46.9 Å². The topological polar surface area (TPSA) is 68.0 Å². The van der Waals surface area contributed by atoms with Crippen molar-refractivity contribution in [3.63, 3.8) is 0 Å². The smallest absolute Gasteiger partial charge is 0.251 e. The predicted octanol–water partition coefficient (Wildman–Crippen LogP) is 3.03. The van der Waals surface area contributed by atoms with Crippen LogP contribution in [-0.2, 0) is 6.54 Å². The Bertz CT molecular complexity index is 633. The van der Waals surface area contributed by atoms with E-state index in [1.54, 1.807) is 12.1 Å². The molecule has 21 heavy (non-hydrogen) atoms. The minimum Gasteiger partial charge on any atom is -0.384 e. The van der Waals surface area contributed by atoms with Crippen LogP contribution in [0.4, 0.5) is 5.82 Å². The van der Waals surface area contributed by atoms with Gasteiger partial charge in [-0.15, -0.1) is 0 Å². The monoisotopic (exact) mass is 283 g/mol. The summed E-state index contributed by atoms with van der Waals surface area (Å²) in [4.78, 5) is 16.5. The van der Waals surface area contributed by atoms with E-state index < -0.39 is 0 Å². The van der Waals surface area contributed by atoms with E-state index in [0.29, 0.717) is 17.9 Å². The van der Waals surface area contributed by atoms with Gasteiger partial charge in [0.15, 0.2) is 0 Å². The van der Waals surface area contributed by atoms with Crippen molar-refractivity contribution in [2.24, 2.45) is 0 Å². The van der Waals surface area contributed by atoms with Gasteiger partial charge in [0.1, 0.15) is 5.82 Å². The molecule has 2 rings (SSSR count). The number of aryl methyl sites for hydroxylation is 1. The van der Waals surface area contributed by atoms with Crippen LogP contribution in [0.5, 0.6) is 0 Å². The molecule has 3 N–H and O–H groups in total. The summed E-state index contributed by atoms with van der Waals surface area (Å²) >= 11 is 0. The Morgan fingerprint density at radius 1 is 1.24 bits per heavy atom. The number of nitrogens with one attached hydrogen (secondary N) is 1. The third kappa shape index (κ3) is 4.05. The largest absolute Gasteiger partial charge is 0.384 e. The molecular weight excluding hydrogens is 262 g/mol. The Labute approximate surface area is 125 Å². The molecule has 1 heterocycles. The number of nitrogen functional groups attached to an aromatic ring is 1. The molecule has 0 unspecified atom stereocenters. The maximum Gasteiger partial charge on any atom is 0.251 e. The number of nitrogens with two attached hydrogens (primary N) is 1. The van der Waals surface area contributed by atoms with Crippen molar-refractivity contribution < 1.29 is 4.79 Å². The highest BCUT2D eigenvalue weighted by Gasteiger charge is 2.10. The van der Waals surface area contributed by atoms with Crippen molar-refractivity contribution in [2.45, 2.75) is 33.2 Å². The number of anilines is 1. The highest BCUT2D eigenvalue weighted by molar-refractivity contribution is 5.94. The number of hydrogen-bond acceptors (Lipinski definition) is 3. The van der Waals surface area contributed by atoms with Crippen LogP contribution >= 0.6 is 0 Å². The quantitative estimate of drug-likeness (QED) is 0.906. The maximum atomic E-state index is 12.2. The molecule has 0 radical (unpaired) electrons. The number of rotatable bonds is 4. The van der Waals surface area contributed by atoms with Crippen LogP contribution < -0.4 is 11.1 Å². The Morgan fingerprint density at radius 3 is 2.52 bits per heavy atom. The maximum absolute atomic E-state index is 12.2.